The summed E-state index contributed by atoms with van der Waals surface area (Å²) in [5.74, 6) is -0.425. The minimum atomic E-state index is -4.62. The molecule has 1 aliphatic rings. The van der Waals surface area contributed by atoms with Crippen molar-refractivity contribution in [1.29, 1.82) is 0 Å². The van der Waals surface area contributed by atoms with Crippen LogP contribution in [0.2, 0.25) is 0 Å². The number of rotatable bonds is 5. The zero-order chi connectivity index (χ0) is 28.8. The van der Waals surface area contributed by atoms with Crippen LogP contribution >= 0.6 is 11.3 Å². The number of nitrogens with one attached hydrogen (secondary N) is 2. The Morgan fingerprint density at radius 3 is 2.66 bits per heavy atom. The Bertz CT molecular complexity index is 1730. The van der Waals surface area contributed by atoms with Gasteiger partial charge in [-0.25, -0.2) is 9.97 Å². The monoisotopic (exact) mass is 577 g/mol. The van der Waals surface area contributed by atoms with Gasteiger partial charge in [0.15, 0.2) is 5.13 Å². The van der Waals surface area contributed by atoms with E-state index in [1.807, 2.05) is 49.1 Å². The maximum absolute atomic E-state index is 14.3. The van der Waals surface area contributed by atoms with E-state index in [0.29, 0.717) is 36.0 Å². The molecule has 0 atom stereocenters. The molecule has 11 heteroatoms. The van der Waals surface area contributed by atoms with Gasteiger partial charge in [-0.2, -0.15) is 13.2 Å². The fourth-order valence-corrected chi connectivity index (χ4v) is 5.80. The van der Waals surface area contributed by atoms with Crippen molar-refractivity contribution in [2.45, 2.75) is 25.6 Å². The number of aromatic amines is 1. The number of para-hydroxylation sites is 1. The van der Waals surface area contributed by atoms with Crippen molar-refractivity contribution in [3.05, 3.63) is 84.1 Å². The normalized spacial score (nSPS) is 15.3. The number of amides is 1. The van der Waals surface area contributed by atoms with Gasteiger partial charge in [0.05, 0.1) is 33.7 Å². The summed E-state index contributed by atoms with van der Waals surface area (Å²) in [7, 11) is 0. The minimum absolute atomic E-state index is 0.0297. The van der Waals surface area contributed by atoms with E-state index in [2.05, 4.69) is 20.3 Å². The molecule has 1 fully saturated rings. The molecule has 5 aromatic rings. The van der Waals surface area contributed by atoms with E-state index in [1.54, 1.807) is 30.5 Å². The zero-order valence-electron chi connectivity index (χ0n) is 22.2. The van der Waals surface area contributed by atoms with Crippen LogP contribution in [-0.2, 0) is 10.9 Å². The molecule has 1 saturated heterocycles. The first-order valence-electron chi connectivity index (χ1n) is 13.0. The van der Waals surface area contributed by atoms with Crippen molar-refractivity contribution < 1.29 is 22.7 Å². The highest BCUT2D eigenvalue weighted by molar-refractivity contribution is 7.19. The number of carbonyl (C=O) groups is 1. The van der Waals surface area contributed by atoms with E-state index >= 15 is 0 Å². The second kappa shape index (κ2) is 10.3. The summed E-state index contributed by atoms with van der Waals surface area (Å²) >= 11 is 1.33. The lowest BCUT2D eigenvalue weighted by Crippen LogP contribution is -2.48. The smallest absolute Gasteiger partial charge is 0.372 e. The van der Waals surface area contributed by atoms with Crippen molar-refractivity contribution in [3.8, 4) is 21.8 Å². The number of hydrogen-bond donors (Lipinski definition) is 2. The highest BCUT2D eigenvalue weighted by Gasteiger charge is 2.36. The molecule has 6 rings (SSSR count). The van der Waals surface area contributed by atoms with Crippen molar-refractivity contribution in [2.24, 2.45) is 0 Å². The number of halogens is 3. The largest absolute Gasteiger partial charge is 0.417 e. The average Bonchev–Trinajstić information content (AvgIpc) is 3.59. The molecule has 7 nitrogen and oxygen atoms in total. The highest BCUT2D eigenvalue weighted by Crippen LogP contribution is 2.40. The molecule has 0 bridgehead atoms. The third-order valence-electron chi connectivity index (χ3n) is 6.90. The van der Waals surface area contributed by atoms with Crippen LogP contribution in [0.1, 0.15) is 29.8 Å². The summed E-state index contributed by atoms with van der Waals surface area (Å²) in [4.78, 5) is 27.8. The highest BCUT2D eigenvalue weighted by atomic mass is 32.1. The van der Waals surface area contributed by atoms with Gasteiger partial charge in [0.1, 0.15) is 11.3 Å². The van der Waals surface area contributed by atoms with Crippen molar-refractivity contribution in [1.82, 2.24) is 15.0 Å². The molecule has 0 spiro atoms. The van der Waals surface area contributed by atoms with Crippen LogP contribution in [0.15, 0.2) is 72.9 Å². The molecule has 2 aromatic heterocycles. The van der Waals surface area contributed by atoms with Crippen LogP contribution in [0.5, 0.6) is 0 Å². The van der Waals surface area contributed by atoms with Crippen molar-refractivity contribution in [2.75, 3.05) is 29.9 Å². The Kier molecular flexibility index (Phi) is 6.79. The van der Waals surface area contributed by atoms with E-state index in [9.17, 15) is 18.0 Å². The zero-order valence-corrected chi connectivity index (χ0v) is 23.1. The van der Waals surface area contributed by atoms with Crippen LogP contribution in [0.25, 0.3) is 32.9 Å². The number of fused-ring (bicyclic) bond motifs is 1. The summed E-state index contributed by atoms with van der Waals surface area (Å²) < 4.78 is 48.6. The van der Waals surface area contributed by atoms with Gasteiger partial charge in [-0.1, -0.05) is 47.7 Å². The number of anilines is 2. The van der Waals surface area contributed by atoms with Crippen LogP contribution in [-0.4, -0.2) is 46.2 Å². The standard InChI is InChI=1S/C30H26F3N5O2S/c1-29(2)17-38(13-14-40-29)19-11-12-20(22(15-19)30(31,32)33)26-35-23-10-6-9-21(25(23)36-26)27(39)37-28-34-16-24(41-28)18-7-4-3-5-8-18/h3-12,15-16H,13-14,17H2,1-2H3,(H,35,36)(H,34,37,39). The van der Waals surface area contributed by atoms with Gasteiger partial charge in [0.2, 0.25) is 0 Å². The molecule has 0 aliphatic carbocycles. The van der Waals surface area contributed by atoms with E-state index in [1.165, 1.54) is 17.4 Å². The van der Waals surface area contributed by atoms with Gasteiger partial charge in [-0.3, -0.25) is 10.1 Å². The molecular weight excluding hydrogens is 551 g/mol. The second-order valence-corrected chi connectivity index (χ2v) is 11.4. The number of carbonyl (C=O) groups excluding carboxylic acids is 1. The summed E-state index contributed by atoms with van der Waals surface area (Å²) in [5, 5.41) is 3.20. The molecule has 0 radical (unpaired) electrons. The number of benzene rings is 3. The Morgan fingerprint density at radius 1 is 1.10 bits per heavy atom. The average molecular weight is 578 g/mol. The van der Waals surface area contributed by atoms with Crippen LogP contribution in [0, 0.1) is 0 Å². The number of alkyl halides is 3. The van der Waals surface area contributed by atoms with Crippen LogP contribution in [0.3, 0.4) is 0 Å². The number of thiazole rings is 1. The number of ether oxygens (including phenoxy) is 1. The summed E-state index contributed by atoms with van der Waals surface area (Å²) in [5.41, 5.74) is 1.02. The molecule has 41 heavy (non-hydrogen) atoms. The van der Waals surface area contributed by atoms with E-state index in [0.717, 1.165) is 16.5 Å². The van der Waals surface area contributed by atoms with Gasteiger partial charge in [0.25, 0.3) is 5.91 Å². The second-order valence-electron chi connectivity index (χ2n) is 10.4. The Labute approximate surface area is 238 Å². The first kappa shape index (κ1) is 27.0. The van der Waals surface area contributed by atoms with E-state index < -0.39 is 23.2 Å². The number of H-pyrrole nitrogens is 1. The number of nitrogens with zero attached hydrogens (tertiary/aromatic N) is 3. The minimum Gasteiger partial charge on any atom is -0.372 e. The molecular formula is C30H26F3N5O2S. The first-order chi connectivity index (χ1) is 19.6. The molecule has 0 unspecified atom stereocenters. The van der Waals surface area contributed by atoms with Crippen LogP contribution in [0.4, 0.5) is 24.0 Å². The maximum atomic E-state index is 14.3. The molecule has 1 amide bonds. The van der Waals surface area contributed by atoms with E-state index in [4.69, 9.17) is 4.74 Å². The maximum Gasteiger partial charge on any atom is 0.417 e. The quantitative estimate of drug-likeness (QED) is 0.230. The topological polar surface area (TPSA) is 83.1 Å². The Morgan fingerprint density at radius 2 is 1.90 bits per heavy atom. The third-order valence-corrected chi connectivity index (χ3v) is 7.86. The fourth-order valence-electron chi connectivity index (χ4n) is 4.98. The number of hydrogen-bond acceptors (Lipinski definition) is 6. The van der Waals surface area contributed by atoms with Gasteiger partial charge < -0.3 is 14.6 Å². The molecule has 0 saturated carbocycles. The predicted octanol–water partition coefficient (Wildman–Crippen LogP) is 7.24. The van der Waals surface area contributed by atoms with Gasteiger partial charge in [-0.15, -0.1) is 0 Å². The molecule has 2 N–H and O–H groups in total. The fraction of sp³-hybridized carbons (Fsp3) is 0.233. The predicted molar refractivity (Wildman–Crippen MR) is 154 cm³/mol. The van der Waals surface area contributed by atoms with Gasteiger partial charge in [-0.05, 0) is 49.7 Å². The third kappa shape index (κ3) is 5.55. The Balaban J connectivity index is 1.32. The van der Waals surface area contributed by atoms with E-state index in [-0.39, 0.29) is 22.5 Å². The van der Waals surface area contributed by atoms with Gasteiger partial charge >= 0.3 is 6.18 Å². The molecule has 210 valence electrons. The van der Waals surface area contributed by atoms with Crippen LogP contribution < -0.4 is 10.2 Å². The number of morpholine rings is 1. The van der Waals surface area contributed by atoms with Gasteiger partial charge in [0, 0.05) is 30.5 Å². The van der Waals surface area contributed by atoms with Crippen molar-refractivity contribution >= 4 is 39.1 Å². The molecule has 3 aromatic carbocycles. The number of aromatic nitrogens is 3. The lowest BCUT2D eigenvalue weighted by molar-refractivity contribution is -0.137. The molecule has 3 heterocycles. The lowest BCUT2D eigenvalue weighted by Gasteiger charge is -2.39. The summed E-state index contributed by atoms with van der Waals surface area (Å²) in [6.45, 7) is 5.22. The summed E-state index contributed by atoms with van der Waals surface area (Å²) in [6.07, 6.45) is -2.93. The van der Waals surface area contributed by atoms with Crippen molar-refractivity contribution in [3.63, 3.8) is 0 Å². The summed E-state index contributed by atoms with van der Waals surface area (Å²) in [6, 6.07) is 18.8. The first-order valence-corrected chi connectivity index (χ1v) is 13.8. The Hall–Kier alpha value is -4.22. The lowest BCUT2D eigenvalue weighted by atomic mass is 10.0. The SMILES string of the molecule is CC1(C)CN(c2ccc(-c3nc4c(C(=O)Nc5ncc(-c6ccccc6)s5)cccc4[nH]3)c(C(F)(F)F)c2)CCO1. The molecule has 1 aliphatic heterocycles. The number of imidazole rings is 1.